The monoisotopic (exact) mass is 382 g/mol. The number of benzene rings is 2. The SMILES string of the molecule is COc1cc(Cl)cc(/C=N\NC(=O)c2ccccc2Br)c1O. The second kappa shape index (κ2) is 7.29. The molecule has 0 saturated carbocycles. The van der Waals surface area contributed by atoms with Crippen LogP contribution in [0.4, 0.5) is 0 Å². The molecule has 2 N–H and O–H groups in total. The van der Waals surface area contributed by atoms with Crippen LogP contribution in [0.3, 0.4) is 0 Å². The van der Waals surface area contributed by atoms with E-state index in [0.29, 0.717) is 20.6 Å². The lowest BCUT2D eigenvalue weighted by atomic mass is 10.2. The Balaban J connectivity index is 2.15. The van der Waals surface area contributed by atoms with E-state index in [0.717, 1.165) is 0 Å². The number of amides is 1. The third-order valence-electron chi connectivity index (χ3n) is 2.78. The number of hydrogen-bond acceptors (Lipinski definition) is 4. The highest BCUT2D eigenvalue weighted by molar-refractivity contribution is 9.10. The zero-order valence-electron chi connectivity index (χ0n) is 11.5. The van der Waals surface area contributed by atoms with Gasteiger partial charge in [-0.1, -0.05) is 23.7 Å². The van der Waals surface area contributed by atoms with E-state index in [4.69, 9.17) is 16.3 Å². The summed E-state index contributed by atoms with van der Waals surface area (Å²) in [7, 11) is 1.42. The molecule has 114 valence electrons. The molecule has 2 aromatic rings. The van der Waals surface area contributed by atoms with E-state index in [-0.39, 0.29) is 17.4 Å². The smallest absolute Gasteiger partial charge is 0.272 e. The maximum absolute atomic E-state index is 12.0. The Morgan fingerprint density at radius 1 is 1.41 bits per heavy atom. The average molecular weight is 384 g/mol. The third kappa shape index (κ3) is 3.78. The normalized spacial score (nSPS) is 10.7. The van der Waals surface area contributed by atoms with Gasteiger partial charge in [-0.15, -0.1) is 0 Å². The van der Waals surface area contributed by atoms with Gasteiger partial charge in [0, 0.05) is 21.1 Å². The predicted octanol–water partition coefficient (Wildman–Crippen LogP) is 3.58. The quantitative estimate of drug-likeness (QED) is 0.626. The van der Waals surface area contributed by atoms with E-state index in [1.807, 2.05) is 0 Å². The highest BCUT2D eigenvalue weighted by atomic mass is 79.9. The molecule has 0 aliphatic heterocycles. The first-order valence-electron chi connectivity index (χ1n) is 6.17. The second-order valence-corrected chi connectivity index (χ2v) is 5.52. The van der Waals surface area contributed by atoms with Crippen molar-refractivity contribution in [3.05, 3.63) is 57.0 Å². The third-order valence-corrected chi connectivity index (χ3v) is 3.69. The van der Waals surface area contributed by atoms with E-state index >= 15 is 0 Å². The largest absolute Gasteiger partial charge is 0.504 e. The van der Waals surface area contributed by atoms with Gasteiger partial charge in [0.15, 0.2) is 11.5 Å². The molecule has 0 bridgehead atoms. The van der Waals surface area contributed by atoms with Gasteiger partial charge < -0.3 is 9.84 Å². The molecule has 22 heavy (non-hydrogen) atoms. The van der Waals surface area contributed by atoms with Crippen molar-refractivity contribution in [2.45, 2.75) is 0 Å². The van der Waals surface area contributed by atoms with Crippen LogP contribution in [0.5, 0.6) is 11.5 Å². The number of nitrogens with zero attached hydrogens (tertiary/aromatic N) is 1. The zero-order chi connectivity index (χ0) is 16.1. The number of phenolic OH excluding ortho intramolecular Hbond substituents is 1. The van der Waals surface area contributed by atoms with Crippen LogP contribution in [-0.4, -0.2) is 24.3 Å². The summed E-state index contributed by atoms with van der Waals surface area (Å²) in [6, 6.07) is 9.96. The Morgan fingerprint density at radius 2 is 2.14 bits per heavy atom. The molecular weight excluding hydrogens is 372 g/mol. The molecule has 0 radical (unpaired) electrons. The topological polar surface area (TPSA) is 70.9 Å². The van der Waals surface area contributed by atoms with Gasteiger partial charge in [-0.2, -0.15) is 5.10 Å². The van der Waals surface area contributed by atoms with Crippen LogP contribution in [0.25, 0.3) is 0 Å². The Kier molecular flexibility index (Phi) is 5.41. The first-order chi connectivity index (χ1) is 10.5. The van der Waals surface area contributed by atoms with Gasteiger partial charge in [0.2, 0.25) is 0 Å². The van der Waals surface area contributed by atoms with Gasteiger partial charge in [-0.3, -0.25) is 4.79 Å². The summed E-state index contributed by atoms with van der Waals surface area (Å²) in [5.74, 6) is -0.255. The fourth-order valence-electron chi connectivity index (χ4n) is 1.71. The van der Waals surface area contributed by atoms with Crippen molar-refractivity contribution in [1.29, 1.82) is 0 Å². The van der Waals surface area contributed by atoms with E-state index in [2.05, 4.69) is 26.5 Å². The van der Waals surface area contributed by atoms with Crippen molar-refractivity contribution in [1.82, 2.24) is 5.43 Å². The summed E-state index contributed by atoms with van der Waals surface area (Å²) in [5, 5.41) is 14.1. The Bertz CT molecular complexity index is 735. The minimum absolute atomic E-state index is 0.106. The fourth-order valence-corrected chi connectivity index (χ4v) is 2.40. The summed E-state index contributed by atoms with van der Waals surface area (Å²) >= 11 is 9.20. The number of methoxy groups -OCH3 is 1. The number of aromatic hydroxyl groups is 1. The van der Waals surface area contributed by atoms with Crippen LogP contribution < -0.4 is 10.2 Å². The van der Waals surface area contributed by atoms with Crippen molar-refractivity contribution in [2.24, 2.45) is 5.10 Å². The standard InChI is InChI=1S/C15H12BrClN2O3/c1-22-13-7-10(17)6-9(14(13)20)8-18-19-15(21)11-4-2-3-5-12(11)16/h2-8,20H,1H3,(H,19,21)/b18-8-. The van der Waals surface area contributed by atoms with E-state index in [1.165, 1.54) is 25.5 Å². The van der Waals surface area contributed by atoms with Crippen molar-refractivity contribution < 1.29 is 14.6 Å². The van der Waals surface area contributed by atoms with Gasteiger partial charge in [0.25, 0.3) is 5.91 Å². The molecule has 0 aliphatic rings. The number of carbonyl (C=O) groups excluding carboxylic acids is 1. The molecule has 7 heteroatoms. The van der Waals surface area contributed by atoms with Crippen molar-refractivity contribution in [3.63, 3.8) is 0 Å². The van der Waals surface area contributed by atoms with E-state index < -0.39 is 0 Å². The Morgan fingerprint density at radius 3 is 2.82 bits per heavy atom. The Labute approximate surface area is 140 Å². The molecule has 2 aromatic carbocycles. The highest BCUT2D eigenvalue weighted by Crippen LogP contribution is 2.32. The van der Waals surface area contributed by atoms with Crippen molar-refractivity contribution in [3.8, 4) is 11.5 Å². The van der Waals surface area contributed by atoms with E-state index in [1.54, 1.807) is 24.3 Å². The minimum Gasteiger partial charge on any atom is -0.504 e. The van der Waals surface area contributed by atoms with Gasteiger partial charge in [0.1, 0.15) is 0 Å². The Hall–Kier alpha value is -2.05. The van der Waals surface area contributed by atoms with Crippen molar-refractivity contribution >= 4 is 39.7 Å². The lowest BCUT2D eigenvalue weighted by molar-refractivity contribution is 0.0954. The molecular formula is C15H12BrClN2O3. The van der Waals surface area contributed by atoms with Crippen LogP contribution >= 0.6 is 27.5 Å². The van der Waals surface area contributed by atoms with E-state index in [9.17, 15) is 9.90 Å². The van der Waals surface area contributed by atoms with Crippen LogP contribution in [0.2, 0.25) is 5.02 Å². The first-order valence-corrected chi connectivity index (χ1v) is 7.34. The van der Waals surface area contributed by atoms with Crippen LogP contribution in [0.15, 0.2) is 46.0 Å². The number of phenols is 1. The molecule has 0 aromatic heterocycles. The molecule has 5 nitrogen and oxygen atoms in total. The fraction of sp³-hybridized carbons (Fsp3) is 0.0667. The second-order valence-electron chi connectivity index (χ2n) is 4.22. The maximum Gasteiger partial charge on any atom is 0.272 e. The lowest BCUT2D eigenvalue weighted by Gasteiger charge is -2.06. The number of halogens is 2. The molecule has 1 amide bonds. The highest BCUT2D eigenvalue weighted by Gasteiger charge is 2.10. The molecule has 0 unspecified atom stereocenters. The molecule has 0 aliphatic carbocycles. The van der Waals surface area contributed by atoms with Gasteiger partial charge >= 0.3 is 0 Å². The molecule has 2 rings (SSSR count). The molecule has 0 heterocycles. The van der Waals surface area contributed by atoms with Gasteiger partial charge in [0.05, 0.1) is 18.9 Å². The molecule has 0 fully saturated rings. The lowest BCUT2D eigenvalue weighted by Crippen LogP contribution is -2.18. The summed E-state index contributed by atoms with van der Waals surface area (Å²) in [6.45, 7) is 0. The number of hydrazone groups is 1. The zero-order valence-corrected chi connectivity index (χ0v) is 13.9. The number of ether oxygens (including phenoxy) is 1. The summed E-state index contributed by atoms with van der Waals surface area (Å²) in [6.07, 6.45) is 1.29. The summed E-state index contributed by atoms with van der Waals surface area (Å²) in [5.41, 5.74) is 3.16. The van der Waals surface area contributed by atoms with Crippen LogP contribution in [-0.2, 0) is 0 Å². The van der Waals surface area contributed by atoms with Crippen LogP contribution in [0.1, 0.15) is 15.9 Å². The maximum atomic E-state index is 12.0. The van der Waals surface area contributed by atoms with Gasteiger partial charge in [-0.05, 0) is 34.1 Å². The average Bonchev–Trinajstić information content (AvgIpc) is 2.50. The molecule has 0 spiro atoms. The number of carbonyl (C=O) groups is 1. The number of nitrogens with one attached hydrogen (secondary N) is 1. The molecule has 0 atom stereocenters. The minimum atomic E-state index is -0.378. The summed E-state index contributed by atoms with van der Waals surface area (Å²) < 4.78 is 5.65. The molecule has 0 saturated heterocycles. The van der Waals surface area contributed by atoms with Crippen molar-refractivity contribution in [2.75, 3.05) is 7.11 Å². The number of rotatable bonds is 4. The predicted molar refractivity (Wildman–Crippen MR) is 88.9 cm³/mol. The van der Waals surface area contributed by atoms with Gasteiger partial charge in [-0.25, -0.2) is 5.43 Å². The van der Waals surface area contributed by atoms with Crippen LogP contribution in [0, 0.1) is 0 Å². The summed E-state index contributed by atoms with van der Waals surface area (Å²) in [4.78, 5) is 12.0. The first kappa shape index (κ1) is 16.3. The number of hydrogen-bond donors (Lipinski definition) is 2.